The van der Waals surface area contributed by atoms with Crippen molar-refractivity contribution in [2.45, 2.75) is 38.2 Å². The average molecular weight is 258 g/mol. The topological polar surface area (TPSA) is 20.2 Å². The first-order chi connectivity index (χ1) is 8.63. The van der Waals surface area contributed by atoms with Crippen LogP contribution in [-0.2, 0) is 5.41 Å². The van der Waals surface area contributed by atoms with E-state index in [9.17, 15) is 5.11 Å². The third kappa shape index (κ3) is 1.80. The molecule has 1 aliphatic carbocycles. The van der Waals surface area contributed by atoms with Crippen LogP contribution in [0, 0.1) is 13.8 Å². The second-order valence-electron chi connectivity index (χ2n) is 5.29. The summed E-state index contributed by atoms with van der Waals surface area (Å²) in [5, 5.41) is 10.8. The summed E-state index contributed by atoms with van der Waals surface area (Å²) in [5.74, 6) is 0. The van der Waals surface area contributed by atoms with E-state index < -0.39 is 0 Å². The normalized spacial score (nSPS) is 18.6. The van der Waals surface area contributed by atoms with E-state index in [2.05, 4.69) is 44.2 Å². The molecular formula is C16H18OS. The largest absolute Gasteiger partial charge is 0.387 e. The van der Waals surface area contributed by atoms with Crippen LogP contribution in [0.2, 0.25) is 0 Å². The van der Waals surface area contributed by atoms with E-state index in [0.29, 0.717) is 0 Å². The highest BCUT2D eigenvalue weighted by molar-refractivity contribution is 7.12. The lowest BCUT2D eigenvalue weighted by molar-refractivity contribution is 0.133. The lowest BCUT2D eigenvalue weighted by atomic mass is 9.86. The van der Waals surface area contributed by atoms with Gasteiger partial charge in [0.15, 0.2) is 0 Å². The molecule has 1 fully saturated rings. The van der Waals surface area contributed by atoms with Crippen LogP contribution in [0.25, 0.3) is 0 Å². The van der Waals surface area contributed by atoms with Gasteiger partial charge in [0, 0.05) is 15.2 Å². The first kappa shape index (κ1) is 11.9. The zero-order valence-corrected chi connectivity index (χ0v) is 11.6. The third-order valence-corrected chi connectivity index (χ3v) is 5.02. The number of hydrogen-bond donors (Lipinski definition) is 1. The van der Waals surface area contributed by atoms with Gasteiger partial charge in [-0.25, -0.2) is 0 Å². The molecule has 1 aliphatic rings. The minimum absolute atomic E-state index is 0.0282. The molecule has 3 rings (SSSR count). The molecule has 0 spiro atoms. The number of thiophene rings is 1. The van der Waals surface area contributed by atoms with Gasteiger partial charge in [0.25, 0.3) is 0 Å². The van der Waals surface area contributed by atoms with Gasteiger partial charge in [0.1, 0.15) is 0 Å². The molecule has 2 aromatic rings. The molecule has 0 radical (unpaired) electrons. The average Bonchev–Trinajstić information content (AvgIpc) is 3.11. The fraction of sp³-hybridized carbons (Fsp3) is 0.375. The van der Waals surface area contributed by atoms with Crippen molar-refractivity contribution in [2.75, 3.05) is 0 Å². The van der Waals surface area contributed by atoms with E-state index in [4.69, 9.17) is 0 Å². The zero-order chi connectivity index (χ0) is 12.8. The van der Waals surface area contributed by atoms with Crippen molar-refractivity contribution in [3.63, 3.8) is 0 Å². The van der Waals surface area contributed by atoms with Gasteiger partial charge in [-0.2, -0.15) is 0 Å². The molecule has 0 saturated heterocycles. The quantitative estimate of drug-likeness (QED) is 0.877. The third-order valence-electron chi connectivity index (χ3n) is 4.03. The minimum atomic E-state index is -0.357. The van der Waals surface area contributed by atoms with Gasteiger partial charge in [0.05, 0.1) is 6.10 Å². The fourth-order valence-corrected chi connectivity index (χ4v) is 3.80. The Balaban J connectivity index is 1.98. The summed E-state index contributed by atoms with van der Waals surface area (Å²) in [4.78, 5) is 2.53. The number of aliphatic hydroxyl groups is 1. The smallest absolute Gasteiger partial charge is 0.0897 e. The standard InChI is InChI=1S/C16H18OS/c1-11-10-14(12(2)18-11)15(17)16(8-9-16)13-6-4-3-5-7-13/h3-7,10,15,17H,8-9H2,1-2H3. The summed E-state index contributed by atoms with van der Waals surface area (Å²) < 4.78 is 0. The van der Waals surface area contributed by atoms with Crippen LogP contribution in [0.3, 0.4) is 0 Å². The summed E-state index contributed by atoms with van der Waals surface area (Å²) in [6.45, 7) is 4.22. The maximum Gasteiger partial charge on any atom is 0.0897 e. The molecule has 1 saturated carbocycles. The van der Waals surface area contributed by atoms with Crippen LogP contribution in [0.5, 0.6) is 0 Å². The Kier molecular flexibility index (Phi) is 2.80. The van der Waals surface area contributed by atoms with Gasteiger partial charge in [-0.05, 0) is 43.9 Å². The van der Waals surface area contributed by atoms with E-state index in [1.165, 1.54) is 15.3 Å². The SMILES string of the molecule is Cc1cc(C(O)C2(c3ccccc3)CC2)c(C)s1. The summed E-state index contributed by atoms with van der Waals surface area (Å²) in [7, 11) is 0. The Morgan fingerprint density at radius 1 is 1.17 bits per heavy atom. The van der Waals surface area contributed by atoms with Crippen molar-refractivity contribution in [2.24, 2.45) is 0 Å². The van der Waals surface area contributed by atoms with Crippen molar-refractivity contribution in [1.29, 1.82) is 0 Å². The molecule has 1 aromatic carbocycles. The highest BCUT2D eigenvalue weighted by atomic mass is 32.1. The highest BCUT2D eigenvalue weighted by Gasteiger charge is 2.51. The van der Waals surface area contributed by atoms with Gasteiger partial charge >= 0.3 is 0 Å². The van der Waals surface area contributed by atoms with Gasteiger partial charge < -0.3 is 5.11 Å². The Labute approximate surface area is 112 Å². The second-order valence-corrected chi connectivity index (χ2v) is 6.75. The van der Waals surface area contributed by atoms with Crippen LogP contribution in [-0.4, -0.2) is 5.11 Å². The van der Waals surface area contributed by atoms with E-state index >= 15 is 0 Å². The maximum atomic E-state index is 10.8. The molecule has 1 heterocycles. The molecule has 1 atom stereocenters. The molecule has 94 valence electrons. The van der Waals surface area contributed by atoms with Crippen molar-refractivity contribution in [3.05, 3.63) is 57.3 Å². The summed E-state index contributed by atoms with van der Waals surface area (Å²) in [6.07, 6.45) is 1.82. The van der Waals surface area contributed by atoms with E-state index in [1.807, 2.05) is 6.07 Å². The number of rotatable bonds is 3. The molecule has 0 bridgehead atoms. The molecule has 1 N–H and O–H groups in total. The lowest BCUT2D eigenvalue weighted by Gasteiger charge is -2.23. The molecule has 18 heavy (non-hydrogen) atoms. The predicted octanol–water partition coefficient (Wildman–Crippen LogP) is 4.13. The van der Waals surface area contributed by atoms with Gasteiger partial charge in [0.2, 0.25) is 0 Å². The van der Waals surface area contributed by atoms with E-state index in [0.717, 1.165) is 18.4 Å². The van der Waals surface area contributed by atoms with Crippen LogP contribution < -0.4 is 0 Å². The van der Waals surface area contributed by atoms with E-state index in [-0.39, 0.29) is 11.5 Å². The molecular weight excluding hydrogens is 240 g/mol. The lowest BCUT2D eigenvalue weighted by Crippen LogP contribution is -2.18. The Morgan fingerprint density at radius 3 is 2.33 bits per heavy atom. The van der Waals surface area contributed by atoms with Crippen LogP contribution >= 0.6 is 11.3 Å². The van der Waals surface area contributed by atoms with Gasteiger partial charge in [-0.15, -0.1) is 11.3 Å². The van der Waals surface area contributed by atoms with Gasteiger partial charge in [-0.1, -0.05) is 30.3 Å². The van der Waals surface area contributed by atoms with Crippen molar-refractivity contribution < 1.29 is 5.11 Å². The van der Waals surface area contributed by atoms with Crippen LogP contribution in [0.15, 0.2) is 36.4 Å². The molecule has 1 unspecified atom stereocenters. The van der Waals surface area contributed by atoms with Crippen LogP contribution in [0.1, 0.15) is 39.8 Å². The van der Waals surface area contributed by atoms with Crippen molar-refractivity contribution in [3.8, 4) is 0 Å². The molecule has 1 nitrogen and oxygen atoms in total. The molecule has 0 amide bonds. The number of aryl methyl sites for hydroxylation is 2. The fourth-order valence-electron chi connectivity index (χ4n) is 2.84. The maximum absolute atomic E-state index is 10.8. The van der Waals surface area contributed by atoms with Crippen molar-refractivity contribution >= 4 is 11.3 Å². The zero-order valence-electron chi connectivity index (χ0n) is 10.8. The summed E-state index contributed by atoms with van der Waals surface area (Å²) in [6, 6.07) is 12.6. The summed E-state index contributed by atoms with van der Waals surface area (Å²) in [5.41, 5.74) is 2.37. The first-order valence-corrected chi connectivity index (χ1v) is 7.26. The van der Waals surface area contributed by atoms with Gasteiger partial charge in [-0.3, -0.25) is 0 Å². The Hall–Kier alpha value is -1.12. The Bertz CT molecular complexity index is 552. The second kappa shape index (κ2) is 4.22. The van der Waals surface area contributed by atoms with Crippen LogP contribution in [0.4, 0.5) is 0 Å². The monoisotopic (exact) mass is 258 g/mol. The molecule has 2 heteroatoms. The molecule has 0 aliphatic heterocycles. The number of benzene rings is 1. The number of aliphatic hydroxyl groups excluding tert-OH is 1. The van der Waals surface area contributed by atoms with Crippen molar-refractivity contribution in [1.82, 2.24) is 0 Å². The predicted molar refractivity (Wildman–Crippen MR) is 76.1 cm³/mol. The Morgan fingerprint density at radius 2 is 1.83 bits per heavy atom. The number of hydrogen-bond acceptors (Lipinski definition) is 2. The van der Waals surface area contributed by atoms with E-state index in [1.54, 1.807) is 11.3 Å². The highest BCUT2D eigenvalue weighted by Crippen LogP contribution is 2.57. The minimum Gasteiger partial charge on any atom is -0.387 e. The molecule has 1 aromatic heterocycles. The summed E-state index contributed by atoms with van der Waals surface area (Å²) >= 11 is 1.78. The first-order valence-electron chi connectivity index (χ1n) is 6.44.